The first-order valence-corrected chi connectivity index (χ1v) is 6.59. The molecule has 0 aliphatic carbocycles. The van der Waals surface area contributed by atoms with Crippen LogP contribution in [0.4, 0.5) is 0 Å². The number of carboxylic acid groups (broad SMARTS) is 1. The first-order chi connectivity index (χ1) is 8.95. The Hall–Kier alpha value is -1.33. The lowest BCUT2D eigenvalue weighted by Gasteiger charge is -2.21. The molecule has 1 unspecified atom stereocenters. The van der Waals surface area contributed by atoms with Crippen molar-refractivity contribution in [1.82, 2.24) is 5.32 Å². The average Bonchev–Trinajstić information content (AvgIpc) is 2.70. The van der Waals surface area contributed by atoms with Crippen LogP contribution in [0.1, 0.15) is 42.6 Å². The maximum Gasteiger partial charge on any atom is 0.339 e. The van der Waals surface area contributed by atoms with Crippen LogP contribution in [-0.2, 0) is 11.3 Å². The van der Waals surface area contributed by atoms with Gasteiger partial charge in [-0.05, 0) is 25.8 Å². The average molecular weight is 269 g/mol. The monoisotopic (exact) mass is 269 g/mol. The van der Waals surface area contributed by atoms with E-state index < -0.39 is 5.97 Å². The van der Waals surface area contributed by atoms with Crippen molar-refractivity contribution < 1.29 is 19.1 Å². The Kier molecular flexibility index (Phi) is 6.05. The van der Waals surface area contributed by atoms with Crippen molar-refractivity contribution in [1.29, 1.82) is 0 Å². The number of aryl methyl sites for hydroxylation is 1. The Balaban J connectivity index is 2.58. The molecule has 1 aromatic rings. The molecule has 0 bridgehead atoms. The maximum absolute atomic E-state index is 10.9. The molecule has 0 aromatic carbocycles. The van der Waals surface area contributed by atoms with E-state index in [0.29, 0.717) is 37.2 Å². The second-order valence-electron chi connectivity index (χ2n) is 4.88. The van der Waals surface area contributed by atoms with Crippen LogP contribution in [0.5, 0.6) is 0 Å². The summed E-state index contributed by atoms with van der Waals surface area (Å²) in [5.74, 6) is 0.552. The summed E-state index contributed by atoms with van der Waals surface area (Å²) in [6.07, 6.45) is 0. The Morgan fingerprint density at radius 3 is 2.68 bits per heavy atom. The number of nitrogens with one attached hydrogen (secondary N) is 1. The molecule has 0 aliphatic heterocycles. The molecular formula is C14H23NO4. The van der Waals surface area contributed by atoms with Crippen LogP contribution < -0.4 is 5.32 Å². The lowest BCUT2D eigenvalue weighted by atomic mass is 10.1. The summed E-state index contributed by atoms with van der Waals surface area (Å²) in [7, 11) is 0. The molecule has 0 spiro atoms. The number of carboxylic acids is 1. The molecule has 0 aliphatic rings. The van der Waals surface area contributed by atoms with E-state index in [0.717, 1.165) is 0 Å². The third-order valence-corrected chi connectivity index (χ3v) is 3.04. The molecule has 19 heavy (non-hydrogen) atoms. The molecule has 0 fully saturated rings. The first-order valence-electron chi connectivity index (χ1n) is 6.59. The fraction of sp³-hybridized carbons (Fsp3) is 0.643. The van der Waals surface area contributed by atoms with Gasteiger partial charge in [-0.25, -0.2) is 4.79 Å². The Labute approximate surface area is 113 Å². The summed E-state index contributed by atoms with van der Waals surface area (Å²) >= 11 is 0. The molecule has 2 N–H and O–H groups in total. The molecular weight excluding hydrogens is 246 g/mol. The third kappa shape index (κ3) is 4.69. The predicted molar refractivity (Wildman–Crippen MR) is 72.4 cm³/mol. The van der Waals surface area contributed by atoms with Crippen LogP contribution in [0.2, 0.25) is 0 Å². The number of hydrogen-bond donors (Lipinski definition) is 2. The molecule has 5 heteroatoms. The minimum Gasteiger partial charge on any atom is -0.478 e. The highest BCUT2D eigenvalue weighted by Gasteiger charge is 2.16. The van der Waals surface area contributed by atoms with Crippen LogP contribution in [0, 0.1) is 12.8 Å². The van der Waals surface area contributed by atoms with Gasteiger partial charge in [0.15, 0.2) is 0 Å². The van der Waals surface area contributed by atoms with Crippen LogP contribution >= 0.6 is 0 Å². The van der Waals surface area contributed by atoms with Crippen LogP contribution in [0.15, 0.2) is 10.5 Å². The van der Waals surface area contributed by atoms with Gasteiger partial charge in [0.25, 0.3) is 0 Å². The van der Waals surface area contributed by atoms with Crippen molar-refractivity contribution in [2.24, 2.45) is 5.92 Å². The topological polar surface area (TPSA) is 71.7 Å². The van der Waals surface area contributed by atoms with Crippen molar-refractivity contribution in [3.8, 4) is 0 Å². The molecule has 0 saturated carbocycles. The normalized spacial score (nSPS) is 12.9. The number of furan rings is 1. The smallest absolute Gasteiger partial charge is 0.339 e. The van der Waals surface area contributed by atoms with Gasteiger partial charge < -0.3 is 19.6 Å². The predicted octanol–water partition coefficient (Wildman–Crippen LogP) is 2.44. The molecule has 0 amide bonds. The zero-order valence-corrected chi connectivity index (χ0v) is 12.0. The van der Waals surface area contributed by atoms with E-state index in [2.05, 4.69) is 19.2 Å². The first kappa shape index (κ1) is 15.7. The van der Waals surface area contributed by atoms with Crippen LogP contribution in [0.3, 0.4) is 0 Å². The van der Waals surface area contributed by atoms with Crippen molar-refractivity contribution >= 4 is 5.97 Å². The number of carbonyl (C=O) groups is 1. The van der Waals surface area contributed by atoms with E-state index >= 15 is 0 Å². The van der Waals surface area contributed by atoms with Crippen molar-refractivity contribution in [3.63, 3.8) is 0 Å². The van der Waals surface area contributed by atoms with E-state index in [9.17, 15) is 4.79 Å². The number of hydrogen-bond acceptors (Lipinski definition) is 4. The van der Waals surface area contributed by atoms with Gasteiger partial charge in [0.1, 0.15) is 17.1 Å². The van der Waals surface area contributed by atoms with Gasteiger partial charge in [0.2, 0.25) is 0 Å². The highest BCUT2D eigenvalue weighted by Crippen LogP contribution is 2.15. The summed E-state index contributed by atoms with van der Waals surface area (Å²) in [6, 6.07) is 1.79. The summed E-state index contributed by atoms with van der Waals surface area (Å²) < 4.78 is 10.9. The molecule has 1 atom stereocenters. The molecule has 1 rings (SSSR count). The van der Waals surface area contributed by atoms with Crippen LogP contribution in [-0.4, -0.2) is 30.3 Å². The zero-order chi connectivity index (χ0) is 14.4. The molecule has 0 radical (unpaired) electrons. The lowest BCUT2D eigenvalue weighted by molar-refractivity contribution is 0.0695. The summed E-state index contributed by atoms with van der Waals surface area (Å²) in [4.78, 5) is 10.9. The van der Waals surface area contributed by atoms with E-state index in [1.807, 2.05) is 6.92 Å². The fourth-order valence-electron chi connectivity index (χ4n) is 1.81. The van der Waals surface area contributed by atoms with Gasteiger partial charge in [-0.2, -0.15) is 0 Å². The molecule has 1 heterocycles. The SMILES string of the molecule is CCOCC(NCc1cc(C(=O)O)c(C)o1)C(C)C. The van der Waals surface area contributed by atoms with Gasteiger partial charge in [-0.15, -0.1) is 0 Å². The number of rotatable bonds is 8. The largest absolute Gasteiger partial charge is 0.478 e. The highest BCUT2D eigenvalue weighted by molar-refractivity contribution is 5.88. The summed E-state index contributed by atoms with van der Waals surface area (Å²) in [6.45, 7) is 9.69. The van der Waals surface area contributed by atoms with Crippen molar-refractivity contribution in [3.05, 3.63) is 23.2 Å². The van der Waals surface area contributed by atoms with Gasteiger partial charge in [0, 0.05) is 12.6 Å². The second kappa shape index (κ2) is 7.31. The molecule has 1 aromatic heterocycles. The fourth-order valence-corrected chi connectivity index (χ4v) is 1.81. The Morgan fingerprint density at radius 1 is 1.53 bits per heavy atom. The molecule has 5 nitrogen and oxygen atoms in total. The Morgan fingerprint density at radius 2 is 2.21 bits per heavy atom. The van der Waals surface area contributed by atoms with Crippen LogP contribution in [0.25, 0.3) is 0 Å². The number of ether oxygens (including phenoxy) is 1. The summed E-state index contributed by atoms with van der Waals surface area (Å²) in [5.41, 5.74) is 0.225. The third-order valence-electron chi connectivity index (χ3n) is 3.04. The summed E-state index contributed by atoms with van der Waals surface area (Å²) in [5, 5.41) is 12.3. The quantitative estimate of drug-likeness (QED) is 0.758. The van der Waals surface area contributed by atoms with Gasteiger partial charge in [-0.1, -0.05) is 13.8 Å². The molecule has 108 valence electrons. The standard InChI is InChI=1S/C14H23NO4/c1-5-18-8-13(9(2)3)15-7-11-6-12(14(16)17)10(4)19-11/h6,9,13,15H,5,7-8H2,1-4H3,(H,16,17). The van der Waals surface area contributed by atoms with E-state index in [1.54, 1.807) is 13.0 Å². The van der Waals surface area contributed by atoms with E-state index in [-0.39, 0.29) is 11.6 Å². The maximum atomic E-state index is 10.9. The van der Waals surface area contributed by atoms with E-state index in [4.69, 9.17) is 14.3 Å². The molecule has 0 saturated heterocycles. The Bertz CT molecular complexity index is 412. The highest BCUT2D eigenvalue weighted by atomic mass is 16.5. The lowest BCUT2D eigenvalue weighted by Crippen LogP contribution is -2.37. The number of aromatic carboxylic acids is 1. The second-order valence-corrected chi connectivity index (χ2v) is 4.88. The van der Waals surface area contributed by atoms with Gasteiger partial charge in [-0.3, -0.25) is 0 Å². The van der Waals surface area contributed by atoms with Gasteiger partial charge in [0.05, 0.1) is 13.2 Å². The van der Waals surface area contributed by atoms with E-state index in [1.165, 1.54) is 0 Å². The van der Waals surface area contributed by atoms with Crippen molar-refractivity contribution in [2.75, 3.05) is 13.2 Å². The van der Waals surface area contributed by atoms with Gasteiger partial charge >= 0.3 is 5.97 Å². The van der Waals surface area contributed by atoms with Crippen molar-refractivity contribution in [2.45, 2.75) is 40.3 Å². The minimum absolute atomic E-state index is 0.221. The zero-order valence-electron chi connectivity index (χ0n) is 12.0. The minimum atomic E-state index is -0.956.